The minimum absolute atomic E-state index is 0.375. The van der Waals surface area contributed by atoms with Crippen LogP contribution in [0.25, 0.3) is 0 Å². The largest absolute Gasteiger partial charge is 0.493 e. The van der Waals surface area contributed by atoms with Gasteiger partial charge in [-0.15, -0.1) is 0 Å². The molecule has 1 aliphatic heterocycles. The van der Waals surface area contributed by atoms with Crippen LogP contribution in [0.1, 0.15) is 43.7 Å². The fourth-order valence-corrected chi connectivity index (χ4v) is 4.64. The van der Waals surface area contributed by atoms with Crippen LogP contribution in [0.3, 0.4) is 0 Å². The van der Waals surface area contributed by atoms with Crippen molar-refractivity contribution in [3.63, 3.8) is 0 Å². The Hall–Kier alpha value is -0.970. The Morgan fingerprint density at radius 1 is 1.08 bits per heavy atom. The highest BCUT2D eigenvalue weighted by molar-refractivity contribution is 6.33. The van der Waals surface area contributed by atoms with Crippen LogP contribution in [0.15, 0.2) is 12.1 Å². The number of benzene rings is 1. The molecule has 0 aromatic heterocycles. The summed E-state index contributed by atoms with van der Waals surface area (Å²) in [4.78, 5) is 2.61. The topological polar surface area (TPSA) is 33.7 Å². The molecule has 3 rings (SSSR count). The molecule has 1 aliphatic carbocycles. The number of piperazine rings is 1. The first kappa shape index (κ1) is 17.8. The lowest BCUT2D eigenvalue weighted by Crippen LogP contribution is -2.47. The summed E-state index contributed by atoms with van der Waals surface area (Å²) in [5.41, 5.74) is 1.20. The lowest BCUT2D eigenvalue weighted by molar-refractivity contribution is 0.103. The minimum Gasteiger partial charge on any atom is -0.493 e. The third-order valence-electron chi connectivity index (χ3n) is 5.47. The predicted molar refractivity (Wildman–Crippen MR) is 98.3 cm³/mol. The fraction of sp³-hybridized carbons (Fsp3) is 0.684. The molecule has 134 valence electrons. The molecule has 24 heavy (non-hydrogen) atoms. The molecular weight excluding hydrogens is 324 g/mol. The van der Waals surface area contributed by atoms with Crippen molar-refractivity contribution in [3.8, 4) is 11.5 Å². The van der Waals surface area contributed by atoms with Gasteiger partial charge in [0.25, 0.3) is 0 Å². The number of nitrogens with one attached hydrogen (secondary N) is 1. The van der Waals surface area contributed by atoms with E-state index in [1.54, 1.807) is 14.2 Å². The van der Waals surface area contributed by atoms with Gasteiger partial charge in [-0.25, -0.2) is 0 Å². The molecule has 2 fully saturated rings. The van der Waals surface area contributed by atoms with Gasteiger partial charge in [-0.1, -0.05) is 36.9 Å². The Balaban J connectivity index is 1.97. The summed E-state index contributed by atoms with van der Waals surface area (Å²) in [6.07, 6.45) is 6.61. The molecule has 1 N–H and O–H groups in total. The number of nitrogens with zero attached hydrogens (tertiary/aromatic N) is 1. The van der Waals surface area contributed by atoms with Crippen LogP contribution in [0, 0.1) is 5.92 Å². The maximum atomic E-state index is 6.78. The van der Waals surface area contributed by atoms with Gasteiger partial charge in [-0.2, -0.15) is 0 Å². The maximum Gasteiger partial charge on any atom is 0.179 e. The van der Waals surface area contributed by atoms with E-state index in [2.05, 4.69) is 16.3 Å². The summed E-state index contributed by atoms with van der Waals surface area (Å²) >= 11 is 6.78. The Labute approximate surface area is 150 Å². The Morgan fingerprint density at radius 3 is 2.42 bits per heavy atom. The predicted octanol–water partition coefficient (Wildman–Crippen LogP) is 3.88. The fourth-order valence-electron chi connectivity index (χ4n) is 4.29. The highest BCUT2D eigenvalue weighted by atomic mass is 35.5. The first-order valence-corrected chi connectivity index (χ1v) is 9.49. The molecule has 1 saturated carbocycles. The zero-order valence-corrected chi connectivity index (χ0v) is 15.6. The van der Waals surface area contributed by atoms with Crippen molar-refractivity contribution >= 4 is 11.6 Å². The average molecular weight is 353 g/mol. The van der Waals surface area contributed by atoms with Gasteiger partial charge < -0.3 is 14.8 Å². The average Bonchev–Trinajstić information content (AvgIpc) is 2.65. The Kier molecular flexibility index (Phi) is 6.25. The third-order valence-corrected chi connectivity index (χ3v) is 5.86. The van der Waals surface area contributed by atoms with Crippen LogP contribution in [0.2, 0.25) is 5.02 Å². The van der Waals surface area contributed by atoms with Crippen LogP contribution in [0.4, 0.5) is 0 Å². The van der Waals surface area contributed by atoms with E-state index in [4.69, 9.17) is 21.1 Å². The number of ether oxygens (including phenoxy) is 2. The highest BCUT2D eigenvalue weighted by Crippen LogP contribution is 2.46. The number of hydrogen-bond donors (Lipinski definition) is 1. The molecule has 2 aliphatic rings. The zero-order chi connectivity index (χ0) is 16.9. The second-order valence-corrected chi connectivity index (χ2v) is 7.21. The molecule has 1 aromatic carbocycles. The van der Waals surface area contributed by atoms with Gasteiger partial charge >= 0.3 is 0 Å². The SMILES string of the molecule is COc1ccc([C@H](C2CCCCC2)N2CCNCC2)c(Cl)c1OC. The van der Waals surface area contributed by atoms with Gasteiger partial charge in [0.1, 0.15) is 0 Å². The molecule has 1 aromatic rings. The van der Waals surface area contributed by atoms with E-state index in [1.165, 1.54) is 37.7 Å². The monoisotopic (exact) mass is 352 g/mol. The van der Waals surface area contributed by atoms with Crippen LogP contribution < -0.4 is 14.8 Å². The van der Waals surface area contributed by atoms with Crippen LogP contribution in [-0.4, -0.2) is 45.3 Å². The molecule has 1 atom stereocenters. The molecule has 0 bridgehead atoms. The van der Waals surface area contributed by atoms with Crippen molar-refractivity contribution in [2.75, 3.05) is 40.4 Å². The number of rotatable bonds is 5. The van der Waals surface area contributed by atoms with Gasteiger partial charge in [-0.05, 0) is 30.4 Å². The van der Waals surface area contributed by atoms with Crippen molar-refractivity contribution in [2.24, 2.45) is 5.92 Å². The van der Waals surface area contributed by atoms with Crippen molar-refractivity contribution in [1.82, 2.24) is 10.2 Å². The van der Waals surface area contributed by atoms with Crippen LogP contribution in [0.5, 0.6) is 11.5 Å². The first-order chi connectivity index (χ1) is 11.8. The van der Waals surface area contributed by atoms with Crippen LogP contribution in [-0.2, 0) is 0 Å². The summed E-state index contributed by atoms with van der Waals surface area (Å²) in [5.74, 6) is 2.04. The van der Waals surface area contributed by atoms with Gasteiger partial charge in [0, 0.05) is 32.2 Å². The van der Waals surface area contributed by atoms with Crippen LogP contribution >= 0.6 is 11.6 Å². The minimum atomic E-state index is 0.375. The van der Waals surface area contributed by atoms with Crippen molar-refractivity contribution < 1.29 is 9.47 Å². The van der Waals surface area contributed by atoms with E-state index in [0.29, 0.717) is 28.5 Å². The molecule has 0 unspecified atom stereocenters. The highest BCUT2D eigenvalue weighted by Gasteiger charge is 2.33. The van der Waals surface area contributed by atoms with Crippen molar-refractivity contribution in [3.05, 3.63) is 22.7 Å². The molecule has 0 spiro atoms. The number of methoxy groups -OCH3 is 2. The summed E-state index contributed by atoms with van der Waals surface area (Å²) in [7, 11) is 3.32. The third kappa shape index (κ3) is 3.66. The number of hydrogen-bond acceptors (Lipinski definition) is 4. The Bertz CT molecular complexity index is 522. The first-order valence-electron chi connectivity index (χ1n) is 9.11. The van der Waals surface area contributed by atoms with Crippen molar-refractivity contribution in [2.45, 2.75) is 38.1 Å². The van der Waals surface area contributed by atoms with Gasteiger partial charge in [-0.3, -0.25) is 4.90 Å². The summed E-state index contributed by atoms with van der Waals surface area (Å²) in [5, 5.41) is 4.17. The van der Waals surface area contributed by atoms with Gasteiger partial charge in [0.2, 0.25) is 0 Å². The van der Waals surface area contributed by atoms with E-state index in [-0.39, 0.29) is 0 Å². The molecule has 1 saturated heterocycles. The maximum absolute atomic E-state index is 6.78. The molecule has 0 radical (unpaired) electrons. The summed E-state index contributed by atoms with van der Waals surface area (Å²) < 4.78 is 11.0. The molecule has 1 heterocycles. The Morgan fingerprint density at radius 2 is 1.79 bits per heavy atom. The molecule has 5 heteroatoms. The van der Waals surface area contributed by atoms with E-state index < -0.39 is 0 Å². The number of halogens is 1. The van der Waals surface area contributed by atoms with Gasteiger partial charge in [0.15, 0.2) is 11.5 Å². The summed E-state index contributed by atoms with van der Waals surface area (Å²) in [6.45, 7) is 4.25. The lowest BCUT2D eigenvalue weighted by Gasteiger charge is -2.41. The van der Waals surface area contributed by atoms with Crippen molar-refractivity contribution in [1.29, 1.82) is 0 Å². The standard InChI is InChI=1S/C19H29ClN2O2/c1-23-16-9-8-15(17(20)19(16)24-2)18(14-6-4-3-5-7-14)22-12-10-21-11-13-22/h8-9,14,18,21H,3-7,10-13H2,1-2H3/t18-/m0/s1. The second-order valence-electron chi connectivity index (χ2n) is 6.83. The second kappa shape index (κ2) is 8.41. The van der Waals surface area contributed by atoms with Gasteiger partial charge in [0.05, 0.1) is 19.2 Å². The molecule has 0 amide bonds. The van der Waals surface area contributed by atoms with E-state index in [9.17, 15) is 0 Å². The quantitative estimate of drug-likeness (QED) is 0.871. The molecular formula is C19H29ClN2O2. The normalized spacial score (nSPS) is 21.5. The lowest BCUT2D eigenvalue weighted by atomic mass is 9.80. The smallest absolute Gasteiger partial charge is 0.179 e. The van der Waals surface area contributed by atoms with E-state index >= 15 is 0 Å². The summed E-state index contributed by atoms with van der Waals surface area (Å²) in [6, 6.07) is 4.52. The molecule has 4 nitrogen and oxygen atoms in total. The van der Waals surface area contributed by atoms with E-state index in [1.807, 2.05) is 6.07 Å². The zero-order valence-electron chi connectivity index (χ0n) is 14.8. The van der Waals surface area contributed by atoms with E-state index in [0.717, 1.165) is 26.2 Å².